The van der Waals surface area contributed by atoms with E-state index in [0.29, 0.717) is 23.7 Å². The third-order valence-electron chi connectivity index (χ3n) is 2.04. The van der Waals surface area contributed by atoms with Crippen molar-refractivity contribution in [2.75, 3.05) is 13.7 Å². The Bertz CT molecular complexity index is 385. The third kappa shape index (κ3) is 3.66. The normalized spacial score (nSPS) is 10.2. The molecule has 94 valence electrons. The topological polar surface area (TPSA) is 44.8 Å². The highest BCUT2D eigenvalue weighted by Crippen LogP contribution is 2.29. The number of hydrogen-bond acceptors (Lipinski definition) is 4. The van der Waals surface area contributed by atoms with Crippen molar-refractivity contribution < 1.29 is 19.0 Å². The van der Waals surface area contributed by atoms with Gasteiger partial charge in [-0.1, -0.05) is 0 Å². The van der Waals surface area contributed by atoms with Gasteiger partial charge in [-0.3, -0.25) is 0 Å². The van der Waals surface area contributed by atoms with Gasteiger partial charge < -0.3 is 14.2 Å². The van der Waals surface area contributed by atoms with E-state index in [0.717, 1.165) is 0 Å². The van der Waals surface area contributed by atoms with Crippen LogP contribution in [-0.2, 0) is 4.74 Å². The molecule has 4 nitrogen and oxygen atoms in total. The van der Waals surface area contributed by atoms with Crippen LogP contribution in [0.2, 0.25) is 0 Å². The highest BCUT2D eigenvalue weighted by Gasteiger charge is 2.12. The summed E-state index contributed by atoms with van der Waals surface area (Å²) in [7, 11) is 1.56. The van der Waals surface area contributed by atoms with Crippen molar-refractivity contribution in [1.29, 1.82) is 0 Å². The highest BCUT2D eigenvalue weighted by atomic mass is 16.5. The Morgan fingerprint density at radius 2 is 2.00 bits per heavy atom. The predicted molar refractivity (Wildman–Crippen MR) is 64.7 cm³/mol. The van der Waals surface area contributed by atoms with Crippen molar-refractivity contribution in [3.8, 4) is 11.5 Å². The van der Waals surface area contributed by atoms with Crippen molar-refractivity contribution in [2.24, 2.45) is 0 Å². The second kappa shape index (κ2) is 6.13. The van der Waals surface area contributed by atoms with Gasteiger partial charge in [-0.2, -0.15) is 0 Å². The fourth-order valence-corrected chi connectivity index (χ4v) is 1.36. The van der Waals surface area contributed by atoms with Gasteiger partial charge in [0.1, 0.15) is 0 Å². The number of carbonyl (C=O) groups excluding carboxylic acids is 1. The Morgan fingerprint density at radius 3 is 2.53 bits per heavy atom. The molecule has 0 unspecified atom stereocenters. The van der Waals surface area contributed by atoms with E-state index >= 15 is 0 Å². The molecule has 0 fully saturated rings. The second-order valence-electron chi connectivity index (χ2n) is 3.75. The number of benzene rings is 1. The van der Waals surface area contributed by atoms with Crippen LogP contribution in [0.1, 0.15) is 31.1 Å². The summed E-state index contributed by atoms with van der Waals surface area (Å²) < 4.78 is 15.7. The smallest absolute Gasteiger partial charge is 0.338 e. The zero-order valence-electron chi connectivity index (χ0n) is 10.6. The Hall–Kier alpha value is -1.71. The Balaban J connectivity index is 2.99. The van der Waals surface area contributed by atoms with Crippen LogP contribution < -0.4 is 9.47 Å². The lowest BCUT2D eigenvalue weighted by Gasteiger charge is -2.14. The molecular weight excluding hydrogens is 220 g/mol. The molecule has 0 aliphatic carbocycles. The van der Waals surface area contributed by atoms with E-state index in [1.54, 1.807) is 32.2 Å². The molecule has 0 N–H and O–H groups in total. The molecule has 1 aromatic rings. The van der Waals surface area contributed by atoms with E-state index in [4.69, 9.17) is 14.2 Å². The van der Waals surface area contributed by atoms with Crippen molar-refractivity contribution >= 4 is 5.97 Å². The zero-order chi connectivity index (χ0) is 12.8. The molecule has 0 saturated carbocycles. The van der Waals surface area contributed by atoms with Crippen LogP contribution in [-0.4, -0.2) is 25.8 Å². The SMILES string of the molecule is CCOC(=O)c1ccc(OC)c(OC(C)C)c1. The molecule has 0 amide bonds. The van der Waals surface area contributed by atoms with Gasteiger partial charge in [0.25, 0.3) is 0 Å². The van der Waals surface area contributed by atoms with Crippen LogP contribution in [0, 0.1) is 0 Å². The lowest BCUT2D eigenvalue weighted by molar-refractivity contribution is 0.0525. The molecule has 0 aliphatic heterocycles. The minimum atomic E-state index is -0.358. The van der Waals surface area contributed by atoms with Crippen LogP contribution in [0.3, 0.4) is 0 Å². The summed E-state index contributed by atoms with van der Waals surface area (Å²) >= 11 is 0. The minimum absolute atomic E-state index is 0.0151. The van der Waals surface area contributed by atoms with E-state index in [1.165, 1.54) is 0 Å². The lowest BCUT2D eigenvalue weighted by Crippen LogP contribution is -2.09. The average Bonchev–Trinajstić information content (AvgIpc) is 2.28. The summed E-state index contributed by atoms with van der Waals surface area (Å²) in [6, 6.07) is 4.99. The Labute approximate surface area is 101 Å². The molecule has 0 atom stereocenters. The molecule has 0 spiro atoms. The van der Waals surface area contributed by atoms with Gasteiger partial charge in [0.15, 0.2) is 11.5 Å². The van der Waals surface area contributed by atoms with Crippen LogP contribution in [0.5, 0.6) is 11.5 Å². The second-order valence-corrected chi connectivity index (χ2v) is 3.75. The van der Waals surface area contributed by atoms with Crippen molar-refractivity contribution in [2.45, 2.75) is 26.9 Å². The molecule has 0 heterocycles. The maximum Gasteiger partial charge on any atom is 0.338 e. The monoisotopic (exact) mass is 238 g/mol. The first-order valence-corrected chi connectivity index (χ1v) is 5.60. The lowest BCUT2D eigenvalue weighted by atomic mass is 10.2. The molecule has 17 heavy (non-hydrogen) atoms. The molecule has 0 aliphatic rings. The summed E-state index contributed by atoms with van der Waals surface area (Å²) in [6.45, 7) is 5.95. The Kier molecular flexibility index (Phi) is 4.82. The third-order valence-corrected chi connectivity index (χ3v) is 2.04. The van der Waals surface area contributed by atoms with Gasteiger partial charge in [-0.15, -0.1) is 0 Å². The molecule has 0 saturated heterocycles. The first-order valence-electron chi connectivity index (χ1n) is 5.60. The maximum absolute atomic E-state index is 11.6. The van der Waals surface area contributed by atoms with Gasteiger partial charge in [-0.05, 0) is 39.0 Å². The van der Waals surface area contributed by atoms with E-state index in [1.807, 2.05) is 13.8 Å². The van der Waals surface area contributed by atoms with Gasteiger partial charge in [0.2, 0.25) is 0 Å². The van der Waals surface area contributed by atoms with E-state index in [2.05, 4.69) is 0 Å². The molecule has 1 aromatic carbocycles. The van der Waals surface area contributed by atoms with Gasteiger partial charge in [0.05, 0.1) is 25.4 Å². The predicted octanol–water partition coefficient (Wildman–Crippen LogP) is 2.66. The van der Waals surface area contributed by atoms with Crippen LogP contribution >= 0.6 is 0 Å². The number of hydrogen-bond donors (Lipinski definition) is 0. The number of esters is 1. The van der Waals surface area contributed by atoms with Gasteiger partial charge in [0, 0.05) is 0 Å². The van der Waals surface area contributed by atoms with Crippen molar-refractivity contribution in [1.82, 2.24) is 0 Å². The van der Waals surface area contributed by atoms with Crippen LogP contribution in [0.15, 0.2) is 18.2 Å². The summed E-state index contributed by atoms with van der Waals surface area (Å²) in [6.07, 6.45) is 0.0151. The Morgan fingerprint density at radius 1 is 1.29 bits per heavy atom. The van der Waals surface area contributed by atoms with Crippen LogP contribution in [0.4, 0.5) is 0 Å². The summed E-state index contributed by atoms with van der Waals surface area (Å²) in [5.41, 5.74) is 0.461. The summed E-state index contributed by atoms with van der Waals surface area (Å²) in [5, 5.41) is 0. The summed E-state index contributed by atoms with van der Waals surface area (Å²) in [4.78, 5) is 11.6. The first-order chi connectivity index (χ1) is 8.08. The molecular formula is C13H18O4. The fourth-order valence-electron chi connectivity index (χ4n) is 1.36. The number of ether oxygens (including phenoxy) is 3. The minimum Gasteiger partial charge on any atom is -0.493 e. The van der Waals surface area contributed by atoms with Crippen molar-refractivity contribution in [3.05, 3.63) is 23.8 Å². The highest BCUT2D eigenvalue weighted by molar-refractivity contribution is 5.90. The van der Waals surface area contributed by atoms with E-state index in [-0.39, 0.29) is 12.1 Å². The number of methoxy groups -OCH3 is 1. The fraction of sp³-hybridized carbons (Fsp3) is 0.462. The standard InChI is InChI=1S/C13H18O4/c1-5-16-13(14)10-6-7-11(15-4)12(8-10)17-9(2)3/h6-9H,5H2,1-4H3. The van der Waals surface area contributed by atoms with E-state index in [9.17, 15) is 4.79 Å². The van der Waals surface area contributed by atoms with Crippen LogP contribution in [0.25, 0.3) is 0 Å². The first kappa shape index (κ1) is 13.4. The molecule has 4 heteroatoms. The largest absolute Gasteiger partial charge is 0.493 e. The van der Waals surface area contributed by atoms with Gasteiger partial charge in [-0.25, -0.2) is 4.79 Å². The number of rotatable bonds is 5. The van der Waals surface area contributed by atoms with Crippen molar-refractivity contribution in [3.63, 3.8) is 0 Å². The molecule has 0 aromatic heterocycles. The maximum atomic E-state index is 11.6. The average molecular weight is 238 g/mol. The molecule has 0 radical (unpaired) electrons. The molecule has 1 rings (SSSR count). The molecule has 0 bridgehead atoms. The summed E-state index contributed by atoms with van der Waals surface area (Å²) in [5.74, 6) is 0.795. The zero-order valence-corrected chi connectivity index (χ0v) is 10.6. The van der Waals surface area contributed by atoms with Gasteiger partial charge >= 0.3 is 5.97 Å². The quantitative estimate of drug-likeness (QED) is 0.740. The number of carbonyl (C=O) groups is 1. The van der Waals surface area contributed by atoms with E-state index < -0.39 is 0 Å².